The predicted molar refractivity (Wildman–Crippen MR) is 82.7 cm³/mol. The molecule has 1 unspecified atom stereocenters. The lowest BCUT2D eigenvalue weighted by atomic mass is 10.1. The number of carboxylic acids is 1. The number of carboxylic acid groups (broad SMARTS) is 1. The van der Waals surface area contributed by atoms with Gasteiger partial charge in [0.05, 0.1) is 13.0 Å². The van der Waals surface area contributed by atoms with E-state index in [9.17, 15) is 18.0 Å². The number of esters is 1. The van der Waals surface area contributed by atoms with Crippen molar-refractivity contribution >= 4 is 22.1 Å². The van der Waals surface area contributed by atoms with E-state index < -0.39 is 33.7 Å². The van der Waals surface area contributed by atoms with Crippen molar-refractivity contribution in [3.8, 4) is 0 Å². The summed E-state index contributed by atoms with van der Waals surface area (Å²) in [7, 11) is -4.82. The Hall–Kier alpha value is -1.19. The van der Waals surface area contributed by atoms with E-state index in [0.29, 0.717) is 6.61 Å². The van der Waals surface area contributed by atoms with Crippen LogP contribution < -0.4 is 0 Å². The van der Waals surface area contributed by atoms with Gasteiger partial charge in [0.25, 0.3) is 10.1 Å². The van der Waals surface area contributed by atoms with Crippen LogP contribution in [-0.2, 0) is 29.2 Å². The number of hydrogen-bond acceptors (Lipinski definition) is 6. The standard InChI is InChI=1S/C14H26O8S/c1-2-3-4-5-6-7-8-21-9-10-22-14(17)12(11-13(15)16)23(18,19)20/h12H,2-11H2,1H3,(H,15,16)(H,18,19,20). The van der Waals surface area contributed by atoms with Crippen molar-refractivity contribution in [3.05, 3.63) is 0 Å². The molecule has 8 nitrogen and oxygen atoms in total. The van der Waals surface area contributed by atoms with Gasteiger partial charge in [-0.3, -0.25) is 14.1 Å². The summed E-state index contributed by atoms with van der Waals surface area (Å²) < 4.78 is 40.6. The molecule has 1 atom stereocenters. The van der Waals surface area contributed by atoms with E-state index in [1.54, 1.807) is 0 Å². The van der Waals surface area contributed by atoms with E-state index in [4.69, 9.17) is 14.4 Å². The van der Waals surface area contributed by atoms with E-state index >= 15 is 0 Å². The number of carbonyl (C=O) groups excluding carboxylic acids is 1. The largest absolute Gasteiger partial charge is 0.481 e. The molecule has 0 heterocycles. The Kier molecular flexibility index (Phi) is 11.6. The molecule has 0 saturated carbocycles. The van der Waals surface area contributed by atoms with Gasteiger partial charge in [0.15, 0.2) is 5.25 Å². The second-order valence-electron chi connectivity index (χ2n) is 5.15. The van der Waals surface area contributed by atoms with Gasteiger partial charge in [0.1, 0.15) is 6.61 Å². The van der Waals surface area contributed by atoms with Crippen LogP contribution in [0.2, 0.25) is 0 Å². The van der Waals surface area contributed by atoms with Crippen LogP contribution in [-0.4, -0.2) is 55.1 Å². The summed E-state index contributed by atoms with van der Waals surface area (Å²) in [6.45, 7) is 2.56. The van der Waals surface area contributed by atoms with Gasteiger partial charge in [-0.2, -0.15) is 8.42 Å². The molecule has 0 amide bonds. The summed E-state index contributed by atoms with van der Waals surface area (Å²) in [5, 5.41) is 6.42. The Labute approximate surface area is 136 Å². The van der Waals surface area contributed by atoms with Crippen molar-refractivity contribution in [2.45, 2.75) is 57.1 Å². The monoisotopic (exact) mass is 354 g/mol. The number of ether oxygens (including phenoxy) is 2. The van der Waals surface area contributed by atoms with Gasteiger partial charge in [0, 0.05) is 6.61 Å². The number of rotatable bonds is 14. The van der Waals surface area contributed by atoms with Crippen LogP contribution in [0.25, 0.3) is 0 Å². The summed E-state index contributed by atoms with van der Waals surface area (Å²) in [6, 6.07) is 0. The van der Waals surface area contributed by atoms with Crippen LogP contribution in [0.3, 0.4) is 0 Å². The van der Waals surface area contributed by atoms with Crippen molar-refractivity contribution in [1.82, 2.24) is 0 Å². The third kappa shape index (κ3) is 12.0. The van der Waals surface area contributed by atoms with Gasteiger partial charge < -0.3 is 14.6 Å². The quantitative estimate of drug-likeness (QED) is 0.274. The Morgan fingerprint density at radius 1 is 1.00 bits per heavy atom. The minimum Gasteiger partial charge on any atom is -0.481 e. The molecular formula is C14H26O8S. The van der Waals surface area contributed by atoms with Crippen molar-refractivity contribution in [1.29, 1.82) is 0 Å². The maximum absolute atomic E-state index is 11.5. The summed E-state index contributed by atoms with van der Waals surface area (Å²) in [4.78, 5) is 22.0. The number of unbranched alkanes of at least 4 members (excludes halogenated alkanes) is 5. The third-order valence-corrected chi connectivity index (χ3v) is 4.17. The van der Waals surface area contributed by atoms with Gasteiger partial charge in [-0.05, 0) is 6.42 Å². The van der Waals surface area contributed by atoms with E-state index in [2.05, 4.69) is 11.7 Å². The van der Waals surface area contributed by atoms with Crippen molar-refractivity contribution in [2.24, 2.45) is 0 Å². The van der Waals surface area contributed by atoms with Crippen LogP contribution in [0, 0.1) is 0 Å². The Balaban J connectivity index is 3.82. The molecule has 0 fully saturated rings. The molecule has 2 N–H and O–H groups in total. The molecule has 0 aromatic carbocycles. The summed E-state index contributed by atoms with van der Waals surface area (Å²) in [5.41, 5.74) is 0. The SMILES string of the molecule is CCCCCCCCOCCOC(=O)C(CC(=O)O)S(=O)(=O)O. The summed E-state index contributed by atoms with van der Waals surface area (Å²) in [6.07, 6.45) is 5.67. The highest BCUT2D eigenvalue weighted by Crippen LogP contribution is 2.07. The molecule has 0 rings (SSSR count). The molecule has 9 heteroatoms. The molecule has 136 valence electrons. The highest BCUT2D eigenvalue weighted by Gasteiger charge is 2.34. The second kappa shape index (κ2) is 12.3. The second-order valence-corrected chi connectivity index (χ2v) is 6.75. The van der Waals surface area contributed by atoms with Gasteiger partial charge in [0.2, 0.25) is 0 Å². The molecule has 0 aliphatic carbocycles. The van der Waals surface area contributed by atoms with Crippen LogP contribution in [0.15, 0.2) is 0 Å². The Bertz CT molecular complexity index is 446. The Morgan fingerprint density at radius 2 is 1.61 bits per heavy atom. The van der Waals surface area contributed by atoms with E-state index in [1.807, 2.05) is 0 Å². The summed E-state index contributed by atoms with van der Waals surface area (Å²) >= 11 is 0. The molecular weight excluding hydrogens is 328 g/mol. The van der Waals surface area contributed by atoms with Crippen LogP contribution in [0.5, 0.6) is 0 Å². The first kappa shape index (κ1) is 21.8. The van der Waals surface area contributed by atoms with Crippen LogP contribution >= 0.6 is 0 Å². The zero-order chi connectivity index (χ0) is 17.7. The van der Waals surface area contributed by atoms with Crippen molar-refractivity contribution in [2.75, 3.05) is 19.8 Å². The van der Waals surface area contributed by atoms with Gasteiger partial charge in [-0.25, -0.2) is 0 Å². The molecule has 0 bridgehead atoms. The predicted octanol–water partition coefficient (Wildman–Crippen LogP) is 1.64. The lowest BCUT2D eigenvalue weighted by Crippen LogP contribution is -2.34. The molecule has 23 heavy (non-hydrogen) atoms. The zero-order valence-electron chi connectivity index (χ0n) is 13.4. The van der Waals surface area contributed by atoms with Gasteiger partial charge >= 0.3 is 11.9 Å². The molecule has 0 radical (unpaired) electrons. The first-order chi connectivity index (χ1) is 10.8. The molecule has 0 aliphatic rings. The minimum atomic E-state index is -4.82. The molecule has 0 spiro atoms. The third-order valence-electron chi connectivity index (χ3n) is 3.10. The normalized spacial score (nSPS) is 12.8. The minimum absolute atomic E-state index is 0.0893. The highest BCUT2D eigenvalue weighted by molar-refractivity contribution is 7.87. The van der Waals surface area contributed by atoms with Crippen molar-refractivity contribution < 1.29 is 37.1 Å². The molecule has 0 aromatic heterocycles. The fourth-order valence-corrected chi connectivity index (χ4v) is 2.51. The zero-order valence-corrected chi connectivity index (χ0v) is 14.2. The van der Waals surface area contributed by atoms with Gasteiger partial charge in [-0.1, -0.05) is 39.0 Å². The lowest BCUT2D eigenvalue weighted by Gasteiger charge is -2.11. The molecule has 0 aliphatic heterocycles. The van der Waals surface area contributed by atoms with E-state index in [0.717, 1.165) is 19.3 Å². The highest BCUT2D eigenvalue weighted by atomic mass is 32.2. The maximum Gasteiger partial charge on any atom is 0.327 e. The maximum atomic E-state index is 11.5. The van der Waals surface area contributed by atoms with Crippen LogP contribution in [0.1, 0.15) is 51.9 Å². The molecule has 0 saturated heterocycles. The first-order valence-corrected chi connectivity index (χ1v) is 9.21. The fourth-order valence-electron chi connectivity index (χ4n) is 1.85. The number of aliphatic carboxylic acids is 1. The average Bonchev–Trinajstić information content (AvgIpc) is 2.45. The smallest absolute Gasteiger partial charge is 0.327 e. The lowest BCUT2D eigenvalue weighted by molar-refractivity contribution is -0.148. The number of carbonyl (C=O) groups is 2. The Morgan fingerprint density at radius 3 is 2.17 bits per heavy atom. The topological polar surface area (TPSA) is 127 Å². The van der Waals surface area contributed by atoms with Gasteiger partial charge in [-0.15, -0.1) is 0 Å². The van der Waals surface area contributed by atoms with E-state index in [-0.39, 0.29) is 13.2 Å². The fraction of sp³-hybridized carbons (Fsp3) is 0.857. The molecule has 0 aromatic rings. The first-order valence-electron chi connectivity index (χ1n) is 7.71. The summed E-state index contributed by atoms with van der Waals surface area (Å²) in [5.74, 6) is -2.82. The van der Waals surface area contributed by atoms with Crippen LogP contribution in [0.4, 0.5) is 0 Å². The van der Waals surface area contributed by atoms with E-state index in [1.165, 1.54) is 19.3 Å². The average molecular weight is 354 g/mol. The number of hydrogen-bond donors (Lipinski definition) is 2. The van der Waals surface area contributed by atoms with Crippen molar-refractivity contribution in [3.63, 3.8) is 0 Å².